The minimum Gasteiger partial charge on any atom is -0.357 e. The molecule has 0 saturated carbocycles. The highest BCUT2D eigenvalue weighted by Crippen LogP contribution is 2.28. The number of carbonyl (C=O) groups excluding carboxylic acids is 1. The number of aromatic nitrogens is 3. The number of fused-ring (bicyclic) bond motifs is 1. The van der Waals surface area contributed by atoms with Gasteiger partial charge in [0.2, 0.25) is 0 Å². The summed E-state index contributed by atoms with van der Waals surface area (Å²) >= 11 is 0. The number of amides is 1. The van der Waals surface area contributed by atoms with Crippen LogP contribution in [0.5, 0.6) is 0 Å². The van der Waals surface area contributed by atoms with Crippen LogP contribution in [0.4, 0.5) is 5.82 Å². The third-order valence-electron chi connectivity index (χ3n) is 6.12. The van der Waals surface area contributed by atoms with Crippen LogP contribution in [0, 0.1) is 6.92 Å². The number of pyridine rings is 1. The molecular weight excluding hydrogens is 374 g/mol. The van der Waals surface area contributed by atoms with Gasteiger partial charge in [-0.3, -0.25) is 4.79 Å². The van der Waals surface area contributed by atoms with Gasteiger partial charge in [0.05, 0.1) is 5.69 Å². The Hall–Kier alpha value is -3.15. The van der Waals surface area contributed by atoms with Crippen LogP contribution < -0.4 is 10.2 Å². The van der Waals surface area contributed by atoms with Crippen molar-refractivity contribution < 1.29 is 4.79 Å². The standard InChI is InChI=1S/C24H27N5O/c1-17-7-10-19(11-8-17)29-21-6-4-5-20(21)23(27-29)24(30)26-16-18-9-12-22(25-15-18)28-13-2-3-14-28/h7-12,15H,2-6,13-14,16H2,1H3,(H,26,30). The van der Waals surface area contributed by atoms with Crippen molar-refractivity contribution in [3.8, 4) is 5.69 Å². The SMILES string of the molecule is Cc1ccc(-n2nc(C(=O)NCc3ccc(N4CCCC4)nc3)c3c2CCC3)cc1. The molecule has 1 aromatic carbocycles. The molecule has 0 spiro atoms. The Balaban J connectivity index is 1.30. The highest BCUT2D eigenvalue weighted by molar-refractivity contribution is 5.94. The second kappa shape index (κ2) is 7.94. The Bertz CT molecular complexity index is 1050. The topological polar surface area (TPSA) is 63.1 Å². The lowest BCUT2D eigenvalue weighted by atomic mass is 10.2. The summed E-state index contributed by atoms with van der Waals surface area (Å²) in [5.74, 6) is 0.917. The Morgan fingerprint density at radius 3 is 2.57 bits per heavy atom. The largest absolute Gasteiger partial charge is 0.357 e. The lowest BCUT2D eigenvalue weighted by molar-refractivity contribution is 0.0944. The molecule has 1 N–H and O–H groups in total. The molecule has 1 aliphatic heterocycles. The van der Waals surface area contributed by atoms with E-state index in [4.69, 9.17) is 5.10 Å². The van der Waals surface area contributed by atoms with E-state index in [1.165, 1.54) is 24.1 Å². The van der Waals surface area contributed by atoms with E-state index in [1.807, 2.05) is 10.9 Å². The number of nitrogens with one attached hydrogen (secondary N) is 1. The van der Waals surface area contributed by atoms with Gasteiger partial charge in [0, 0.05) is 37.1 Å². The average molecular weight is 402 g/mol. The predicted molar refractivity (Wildman–Crippen MR) is 117 cm³/mol. The van der Waals surface area contributed by atoms with Crippen LogP contribution in [0.3, 0.4) is 0 Å². The van der Waals surface area contributed by atoms with E-state index in [0.717, 1.165) is 55.0 Å². The van der Waals surface area contributed by atoms with Gasteiger partial charge in [0.1, 0.15) is 5.82 Å². The Morgan fingerprint density at radius 1 is 1.03 bits per heavy atom. The number of nitrogens with zero attached hydrogens (tertiary/aromatic N) is 4. The molecule has 3 heterocycles. The molecule has 0 radical (unpaired) electrons. The zero-order valence-corrected chi connectivity index (χ0v) is 17.4. The normalized spacial score (nSPS) is 15.4. The molecule has 1 aliphatic carbocycles. The van der Waals surface area contributed by atoms with Crippen molar-refractivity contribution in [1.82, 2.24) is 20.1 Å². The number of carbonyl (C=O) groups is 1. The maximum atomic E-state index is 12.9. The molecule has 1 saturated heterocycles. The molecule has 5 rings (SSSR count). The summed E-state index contributed by atoms with van der Waals surface area (Å²) in [5, 5.41) is 7.73. The Morgan fingerprint density at radius 2 is 1.83 bits per heavy atom. The van der Waals surface area contributed by atoms with E-state index in [9.17, 15) is 4.79 Å². The first-order valence-corrected chi connectivity index (χ1v) is 10.8. The molecular formula is C24H27N5O. The van der Waals surface area contributed by atoms with Gasteiger partial charge < -0.3 is 10.2 Å². The van der Waals surface area contributed by atoms with Crippen molar-refractivity contribution in [2.75, 3.05) is 18.0 Å². The molecule has 0 atom stereocenters. The van der Waals surface area contributed by atoms with Crippen molar-refractivity contribution in [2.24, 2.45) is 0 Å². The fourth-order valence-corrected chi connectivity index (χ4v) is 4.44. The minimum absolute atomic E-state index is 0.109. The van der Waals surface area contributed by atoms with Crippen molar-refractivity contribution >= 4 is 11.7 Å². The third kappa shape index (κ3) is 3.58. The van der Waals surface area contributed by atoms with Crippen LogP contribution in [-0.2, 0) is 19.4 Å². The summed E-state index contributed by atoms with van der Waals surface area (Å²) in [6, 6.07) is 12.4. The van der Waals surface area contributed by atoms with Gasteiger partial charge in [-0.1, -0.05) is 23.8 Å². The molecule has 0 bridgehead atoms. The van der Waals surface area contributed by atoms with Gasteiger partial charge in [-0.05, 0) is 62.8 Å². The van der Waals surface area contributed by atoms with Crippen molar-refractivity contribution in [1.29, 1.82) is 0 Å². The quantitative estimate of drug-likeness (QED) is 0.710. The van der Waals surface area contributed by atoms with E-state index >= 15 is 0 Å². The van der Waals surface area contributed by atoms with E-state index in [0.29, 0.717) is 12.2 Å². The number of aryl methyl sites for hydroxylation is 1. The summed E-state index contributed by atoms with van der Waals surface area (Å²) in [7, 11) is 0. The summed E-state index contributed by atoms with van der Waals surface area (Å²) in [6.07, 6.45) is 7.28. The van der Waals surface area contributed by atoms with E-state index < -0.39 is 0 Å². The number of rotatable bonds is 5. The van der Waals surface area contributed by atoms with E-state index in [-0.39, 0.29) is 5.91 Å². The summed E-state index contributed by atoms with van der Waals surface area (Å²) in [6.45, 7) is 4.69. The molecule has 1 fully saturated rings. The van der Waals surface area contributed by atoms with Gasteiger partial charge in [-0.25, -0.2) is 9.67 Å². The zero-order valence-electron chi connectivity index (χ0n) is 17.4. The molecule has 30 heavy (non-hydrogen) atoms. The van der Waals surface area contributed by atoms with Crippen LogP contribution >= 0.6 is 0 Å². The first-order valence-electron chi connectivity index (χ1n) is 10.8. The van der Waals surface area contributed by atoms with Gasteiger partial charge in [-0.2, -0.15) is 5.10 Å². The maximum absolute atomic E-state index is 12.9. The van der Waals surface area contributed by atoms with Gasteiger partial charge in [0.25, 0.3) is 5.91 Å². The number of benzene rings is 1. The van der Waals surface area contributed by atoms with Crippen LogP contribution in [0.15, 0.2) is 42.6 Å². The fourth-order valence-electron chi connectivity index (χ4n) is 4.44. The zero-order chi connectivity index (χ0) is 20.5. The van der Waals surface area contributed by atoms with Crippen LogP contribution in [-0.4, -0.2) is 33.8 Å². The molecule has 2 aliphatic rings. The van der Waals surface area contributed by atoms with Gasteiger partial charge in [0.15, 0.2) is 5.69 Å². The average Bonchev–Trinajstić information content (AvgIpc) is 3.51. The Kier molecular flexibility index (Phi) is 4.99. The van der Waals surface area contributed by atoms with E-state index in [1.54, 1.807) is 0 Å². The van der Waals surface area contributed by atoms with Crippen LogP contribution in [0.1, 0.15) is 52.1 Å². The first kappa shape index (κ1) is 18.9. The lowest BCUT2D eigenvalue weighted by Crippen LogP contribution is -2.25. The lowest BCUT2D eigenvalue weighted by Gasteiger charge is -2.16. The fraction of sp³-hybridized carbons (Fsp3) is 0.375. The van der Waals surface area contributed by atoms with Crippen LogP contribution in [0.25, 0.3) is 5.69 Å². The summed E-state index contributed by atoms with van der Waals surface area (Å²) in [4.78, 5) is 19.8. The van der Waals surface area contributed by atoms with Crippen molar-refractivity contribution in [3.05, 3.63) is 70.7 Å². The van der Waals surface area contributed by atoms with Gasteiger partial charge >= 0.3 is 0 Å². The monoisotopic (exact) mass is 401 g/mol. The molecule has 3 aromatic rings. The second-order valence-corrected chi connectivity index (χ2v) is 8.28. The third-order valence-corrected chi connectivity index (χ3v) is 6.12. The minimum atomic E-state index is -0.109. The molecule has 6 heteroatoms. The smallest absolute Gasteiger partial charge is 0.272 e. The molecule has 1 amide bonds. The summed E-state index contributed by atoms with van der Waals surface area (Å²) < 4.78 is 1.95. The molecule has 154 valence electrons. The van der Waals surface area contributed by atoms with E-state index in [2.05, 4.69) is 58.5 Å². The molecule has 2 aromatic heterocycles. The van der Waals surface area contributed by atoms with Crippen LogP contribution in [0.2, 0.25) is 0 Å². The number of anilines is 1. The second-order valence-electron chi connectivity index (χ2n) is 8.28. The number of hydrogen-bond acceptors (Lipinski definition) is 4. The first-order chi connectivity index (χ1) is 14.7. The predicted octanol–water partition coefficient (Wildman–Crippen LogP) is 3.59. The maximum Gasteiger partial charge on any atom is 0.272 e. The summed E-state index contributed by atoms with van der Waals surface area (Å²) in [5.41, 5.74) is 6.05. The molecule has 6 nitrogen and oxygen atoms in total. The highest BCUT2D eigenvalue weighted by Gasteiger charge is 2.26. The highest BCUT2D eigenvalue weighted by atomic mass is 16.1. The number of hydrogen-bond donors (Lipinski definition) is 1. The van der Waals surface area contributed by atoms with Gasteiger partial charge in [-0.15, -0.1) is 0 Å². The molecule has 0 unspecified atom stereocenters. The van der Waals surface area contributed by atoms with Crippen molar-refractivity contribution in [2.45, 2.75) is 45.6 Å². The van der Waals surface area contributed by atoms with Crippen molar-refractivity contribution in [3.63, 3.8) is 0 Å². The Labute approximate surface area is 176 Å².